The SMILES string of the molecule is O=C([C@H]1Cc2cc([N+](=O)[O-])ccc2N2CCN(c3ccc(F)cc3)C[C@H]12)N1CCSCC1. The van der Waals surface area contributed by atoms with E-state index in [1.54, 1.807) is 24.3 Å². The second-order valence-electron chi connectivity index (χ2n) is 8.50. The number of halogens is 1. The molecule has 0 spiro atoms. The van der Waals surface area contributed by atoms with Crippen LogP contribution in [0.3, 0.4) is 0 Å². The first-order chi connectivity index (χ1) is 15.5. The number of carbonyl (C=O) groups is 1. The molecule has 5 rings (SSSR count). The molecule has 3 heterocycles. The Morgan fingerprint density at radius 2 is 1.81 bits per heavy atom. The first kappa shape index (κ1) is 21.1. The fraction of sp³-hybridized carbons (Fsp3) is 0.435. The molecule has 32 heavy (non-hydrogen) atoms. The molecule has 0 aromatic heterocycles. The largest absolute Gasteiger partial charge is 0.368 e. The van der Waals surface area contributed by atoms with Crippen LogP contribution in [-0.2, 0) is 11.2 Å². The van der Waals surface area contributed by atoms with Gasteiger partial charge in [0.2, 0.25) is 5.91 Å². The lowest BCUT2D eigenvalue weighted by molar-refractivity contribution is -0.384. The standard InChI is InChI=1S/C23H25FN4O3S/c24-17-1-3-18(4-2-17)26-7-8-27-21-6-5-19(28(30)31)13-16(21)14-20(22(27)15-26)23(29)25-9-11-32-12-10-25/h1-6,13,20,22H,7-12,14-15H2/t20-,22+/m0/s1. The molecule has 0 unspecified atom stereocenters. The second kappa shape index (κ2) is 8.61. The minimum atomic E-state index is -0.377. The first-order valence-corrected chi connectivity index (χ1v) is 12.1. The minimum absolute atomic E-state index is 0.0372. The van der Waals surface area contributed by atoms with E-state index in [-0.39, 0.29) is 34.3 Å². The average molecular weight is 457 g/mol. The van der Waals surface area contributed by atoms with Gasteiger partial charge in [0.05, 0.1) is 16.9 Å². The normalized spacial score (nSPS) is 22.8. The van der Waals surface area contributed by atoms with Crippen molar-refractivity contribution in [1.82, 2.24) is 4.90 Å². The van der Waals surface area contributed by atoms with Crippen LogP contribution in [0.15, 0.2) is 42.5 Å². The Morgan fingerprint density at radius 3 is 2.53 bits per heavy atom. The number of fused-ring (bicyclic) bond motifs is 3. The average Bonchev–Trinajstić information content (AvgIpc) is 2.83. The highest BCUT2D eigenvalue weighted by Crippen LogP contribution is 2.39. The summed E-state index contributed by atoms with van der Waals surface area (Å²) in [5.74, 6) is 1.48. The van der Waals surface area contributed by atoms with Gasteiger partial charge in [0.1, 0.15) is 5.82 Å². The van der Waals surface area contributed by atoms with E-state index in [1.807, 2.05) is 22.7 Å². The molecule has 168 valence electrons. The number of non-ortho nitro benzene ring substituents is 1. The number of rotatable bonds is 3. The monoisotopic (exact) mass is 456 g/mol. The van der Waals surface area contributed by atoms with Crippen LogP contribution >= 0.6 is 11.8 Å². The number of benzene rings is 2. The molecule has 3 aliphatic rings. The number of nitro benzene ring substituents is 1. The van der Waals surface area contributed by atoms with Crippen molar-refractivity contribution in [2.45, 2.75) is 12.5 Å². The number of piperazine rings is 1. The van der Waals surface area contributed by atoms with E-state index >= 15 is 0 Å². The van der Waals surface area contributed by atoms with E-state index in [4.69, 9.17) is 0 Å². The molecule has 0 N–H and O–H groups in total. The molecular weight excluding hydrogens is 431 g/mol. The maximum absolute atomic E-state index is 13.6. The molecule has 9 heteroatoms. The molecule has 7 nitrogen and oxygen atoms in total. The Labute approximate surface area is 190 Å². The second-order valence-corrected chi connectivity index (χ2v) is 9.73. The van der Waals surface area contributed by atoms with E-state index in [9.17, 15) is 19.3 Å². The van der Waals surface area contributed by atoms with Crippen LogP contribution in [0.4, 0.5) is 21.5 Å². The van der Waals surface area contributed by atoms with E-state index < -0.39 is 0 Å². The summed E-state index contributed by atoms with van der Waals surface area (Å²) in [6.07, 6.45) is 0.498. The van der Waals surface area contributed by atoms with Gasteiger partial charge in [-0.1, -0.05) is 0 Å². The Balaban J connectivity index is 1.48. The molecular formula is C23H25FN4O3S. The molecule has 3 aliphatic heterocycles. The molecule has 2 atom stereocenters. The predicted octanol–water partition coefficient (Wildman–Crippen LogP) is 3.18. The van der Waals surface area contributed by atoms with Crippen molar-refractivity contribution in [3.05, 3.63) is 64.0 Å². The van der Waals surface area contributed by atoms with Crippen LogP contribution in [0.2, 0.25) is 0 Å². The Hall–Kier alpha value is -2.81. The summed E-state index contributed by atoms with van der Waals surface area (Å²) in [5.41, 5.74) is 2.86. The molecule has 2 fully saturated rings. The summed E-state index contributed by atoms with van der Waals surface area (Å²) < 4.78 is 13.4. The van der Waals surface area contributed by atoms with Crippen molar-refractivity contribution in [3.8, 4) is 0 Å². The Morgan fingerprint density at radius 1 is 1.06 bits per heavy atom. The zero-order valence-electron chi connectivity index (χ0n) is 17.7. The number of carbonyl (C=O) groups excluding carboxylic acids is 1. The highest BCUT2D eigenvalue weighted by molar-refractivity contribution is 7.99. The zero-order valence-corrected chi connectivity index (χ0v) is 18.5. The summed E-state index contributed by atoms with van der Waals surface area (Å²) in [6.45, 7) is 3.58. The van der Waals surface area contributed by atoms with E-state index in [0.29, 0.717) is 19.5 Å². The fourth-order valence-corrected chi connectivity index (χ4v) is 6.02. The molecule has 0 aliphatic carbocycles. The van der Waals surface area contributed by atoms with E-state index in [0.717, 1.165) is 48.1 Å². The summed E-state index contributed by atoms with van der Waals surface area (Å²) in [4.78, 5) is 31.0. The number of hydrogen-bond acceptors (Lipinski definition) is 6. The van der Waals surface area contributed by atoms with Crippen LogP contribution in [-0.4, -0.2) is 66.0 Å². The number of nitrogens with zero attached hydrogens (tertiary/aromatic N) is 4. The molecule has 0 bridgehead atoms. The highest BCUT2D eigenvalue weighted by Gasteiger charge is 2.43. The molecule has 2 aromatic rings. The number of amides is 1. The molecule has 1 amide bonds. The summed E-state index contributed by atoms with van der Waals surface area (Å²) in [6, 6.07) is 11.5. The van der Waals surface area contributed by atoms with Crippen LogP contribution in [0.1, 0.15) is 5.56 Å². The maximum atomic E-state index is 13.6. The molecule has 2 saturated heterocycles. The third-order valence-corrected chi connectivity index (χ3v) is 7.68. The van der Waals surface area contributed by atoms with Gasteiger partial charge in [-0.2, -0.15) is 11.8 Å². The van der Waals surface area contributed by atoms with Crippen molar-refractivity contribution in [2.75, 3.05) is 54.0 Å². The van der Waals surface area contributed by atoms with E-state index in [1.165, 1.54) is 12.1 Å². The third kappa shape index (κ3) is 3.90. The van der Waals surface area contributed by atoms with Crippen molar-refractivity contribution in [1.29, 1.82) is 0 Å². The summed E-state index contributed by atoms with van der Waals surface area (Å²) in [7, 11) is 0. The number of nitro groups is 1. The van der Waals surface area contributed by atoms with Crippen LogP contribution in [0, 0.1) is 21.8 Å². The Kier molecular flexibility index (Phi) is 5.67. The quantitative estimate of drug-likeness (QED) is 0.522. The first-order valence-electron chi connectivity index (χ1n) is 10.9. The number of thioether (sulfide) groups is 1. The minimum Gasteiger partial charge on any atom is -0.368 e. The van der Waals surface area contributed by atoms with Crippen LogP contribution in [0.25, 0.3) is 0 Å². The van der Waals surface area contributed by atoms with Crippen molar-refractivity contribution in [3.63, 3.8) is 0 Å². The van der Waals surface area contributed by atoms with Gasteiger partial charge in [0, 0.05) is 67.7 Å². The number of hydrogen-bond donors (Lipinski definition) is 0. The summed E-state index contributed by atoms with van der Waals surface area (Å²) in [5, 5.41) is 11.3. The van der Waals surface area contributed by atoms with Gasteiger partial charge >= 0.3 is 0 Å². The van der Waals surface area contributed by atoms with Crippen molar-refractivity contribution in [2.24, 2.45) is 5.92 Å². The topological polar surface area (TPSA) is 69.9 Å². The van der Waals surface area contributed by atoms with Gasteiger partial charge in [-0.15, -0.1) is 0 Å². The fourth-order valence-electron chi connectivity index (χ4n) is 5.11. The lowest BCUT2D eigenvalue weighted by Crippen LogP contribution is -2.62. The zero-order chi connectivity index (χ0) is 22.2. The van der Waals surface area contributed by atoms with Gasteiger partial charge in [-0.3, -0.25) is 14.9 Å². The van der Waals surface area contributed by atoms with Crippen LogP contribution < -0.4 is 9.80 Å². The smallest absolute Gasteiger partial charge is 0.269 e. The van der Waals surface area contributed by atoms with Gasteiger partial charge in [-0.05, 0) is 42.3 Å². The lowest BCUT2D eigenvalue weighted by atomic mass is 9.82. The predicted molar refractivity (Wildman–Crippen MR) is 124 cm³/mol. The van der Waals surface area contributed by atoms with Gasteiger partial charge < -0.3 is 14.7 Å². The van der Waals surface area contributed by atoms with Crippen molar-refractivity contribution < 1.29 is 14.1 Å². The maximum Gasteiger partial charge on any atom is 0.269 e. The van der Waals surface area contributed by atoms with Gasteiger partial charge in [-0.25, -0.2) is 4.39 Å². The Bertz CT molecular complexity index is 1030. The van der Waals surface area contributed by atoms with Crippen molar-refractivity contribution >= 4 is 34.7 Å². The summed E-state index contributed by atoms with van der Waals surface area (Å²) >= 11 is 1.86. The molecule has 0 radical (unpaired) electrons. The number of anilines is 2. The lowest BCUT2D eigenvalue weighted by Gasteiger charge is -2.50. The van der Waals surface area contributed by atoms with Gasteiger partial charge in [0.25, 0.3) is 5.69 Å². The van der Waals surface area contributed by atoms with Crippen LogP contribution in [0.5, 0.6) is 0 Å². The third-order valence-electron chi connectivity index (χ3n) is 6.74. The van der Waals surface area contributed by atoms with Gasteiger partial charge in [0.15, 0.2) is 0 Å². The highest BCUT2D eigenvalue weighted by atomic mass is 32.2. The molecule has 0 saturated carbocycles. The van der Waals surface area contributed by atoms with E-state index in [2.05, 4.69) is 9.80 Å². The molecule has 2 aromatic carbocycles.